The smallest absolute Gasteiger partial charge is 0.237 e. The predicted molar refractivity (Wildman–Crippen MR) is 81.6 cm³/mol. The van der Waals surface area contributed by atoms with Crippen molar-refractivity contribution in [2.45, 2.75) is 49.9 Å². The van der Waals surface area contributed by atoms with Gasteiger partial charge < -0.3 is 10.6 Å². The fraction of sp³-hybridized carbons (Fsp3) is 0.929. The number of rotatable bonds is 4. The van der Waals surface area contributed by atoms with Crippen molar-refractivity contribution >= 4 is 17.7 Å². The molecule has 110 valence electrons. The topological polar surface area (TPSA) is 44.4 Å². The molecule has 1 amide bonds. The van der Waals surface area contributed by atoms with Gasteiger partial charge in [0.25, 0.3) is 0 Å². The number of carbonyl (C=O) groups is 1. The van der Waals surface area contributed by atoms with E-state index in [4.69, 9.17) is 0 Å². The zero-order valence-corrected chi connectivity index (χ0v) is 13.0. The molecule has 3 unspecified atom stereocenters. The summed E-state index contributed by atoms with van der Waals surface area (Å²) in [5, 5.41) is 7.32. The fourth-order valence-electron chi connectivity index (χ4n) is 3.05. The van der Waals surface area contributed by atoms with Crippen molar-refractivity contribution in [2.24, 2.45) is 0 Å². The van der Waals surface area contributed by atoms with E-state index in [-0.39, 0.29) is 11.9 Å². The minimum atomic E-state index is 0.0109. The van der Waals surface area contributed by atoms with Crippen molar-refractivity contribution in [1.82, 2.24) is 15.5 Å². The molecule has 2 rings (SSSR count). The lowest BCUT2D eigenvalue weighted by Crippen LogP contribution is -2.54. The molecule has 1 saturated carbocycles. The van der Waals surface area contributed by atoms with Crippen LogP contribution in [0.3, 0.4) is 0 Å². The quantitative estimate of drug-likeness (QED) is 0.811. The molecule has 3 atom stereocenters. The van der Waals surface area contributed by atoms with Crippen LogP contribution in [-0.2, 0) is 4.79 Å². The molecule has 1 aliphatic heterocycles. The first kappa shape index (κ1) is 15.1. The van der Waals surface area contributed by atoms with E-state index in [0.717, 1.165) is 44.3 Å². The van der Waals surface area contributed by atoms with Crippen molar-refractivity contribution in [3.8, 4) is 0 Å². The van der Waals surface area contributed by atoms with Gasteiger partial charge in [-0.2, -0.15) is 11.8 Å². The first-order valence-electron chi connectivity index (χ1n) is 7.48. The SMILES string of the molecule is CSC1CCCC(NC(=O)C(C)N2CCNCC2)C1. The van der Waals surface area contributed by atoms with Crippen LogP contribution in [0.1, 0.15) is 32.6 Å². The summed E-state index contributed by atoms with van der Waals surface area (Å²) in [5.74, 6) is 0.216. The molecule has 0 spiro atoms. The highest BCUT2D eigenvalue weighted by Gasteiger charge is 2.27. The Morgan fingerprint density at radius 3 is 2.79 bits per heavy atom. The summed E-state index contributed by atoms with van der Waals surface area (Å²) in [6, 6.07) is 0.404. The van der Waals surface area contributed by atoms with E-state index in [1.165, 1.54) is 12.8 Å². The monoisotopic (exact) mass is 285 g/mol. The summed E-state index contributed by atoms with van der Waals surface area (Å²) >= 11 is 1.94. The molecule has 0 aromatic heterocycles. The standard InChI is InChI=1S/C14H27N3OS/c1-11(17-8-6-15-7-9-17)14(18)16-12-4-3-5-13(10-12)19-2/h11-13,15H,3-10H2,1-2H3,(H,16,18). The summed E-state index contributed by atoms with van der Waals surface area (Å²) in [5.41, 5.74) is 0. The highest BCUT2D eigenvalue weighted by molar-refractivity contribution is 7.99. The van der Waals surface area contributed by atoms with Gasteiger partial charge in [0.05, 0.1) is 6.04 Å². The third-order valence-electron chi connectivity index (χ3n) is 4.38. The van der Waals surface area contributed by atoms with Crippen LogP contribution in [-0.4, -0.2) is 60.6 Å². The van der Waals surface area contributed by atoms with Gasteiger partial charge in [0, 0.05) is 37.5 Å². The van der Waals surface area contributed by atoms with Gasteiger partial charge in [0.1, 0.15) is 0 Å². The molecule has 2 aliphatic rings. The lowest BCUT2D eigenvalue weighted by Gasteiger charge is -2.34. The maximum Gasteiger partial charge on any atom is 0.237 e. The number of hydrogen-bond acceptors (Lipinski definition) is 4. The molecule has 0 aromatic rings. The van der Waals surface area contributed by atoms with E-state index in [0.29, 0.717) is 6.04 Å². The molecule has 5 heteroatoms. The van der Waals surface area contributed by atoms with Crippen molar-refractivity contribution < 1.29 is 4.79 Å². The first-order chi connectivity index (χ1) is 9.20. The average Bonchev–Trinajstić information content (AvgIpc) is 2.47. The molecular formula is C14H27N3OS. The highest BCUT2D eigenvalue weighted by Crippen LogP contribution is 2.26. The van der Waals surface area contributed by atoms with Crippen LogP contribution in [0.5, 0.6) is 0 Å². The fourth-order valence-corrected chi connectivity index (χ4v) is 3.87. The zero-order chi connectivity index (χ0) is 13.7. The lowest BCUT2D eigenvalue weighted by atomic mass is 9.94. The molecule has 0 radical (unpaired) electrons. The minimum Gasteiger partial charge on any atom is -0.352 e. The Morgan fingerprint density at radius 1 is 1.37 bits per heavy atom. The normalized spacial score (nSPS) is 30.8. The number of nitrogens with one attached hydrogen (secondary N) is 2. The van der Waals surface area contributed by atoms with Crippen molar-refractivity contribution in [1.29, 1.82) is 0 Å². The number of thioether (sulfide) groups is 1. The van der Waals surface area contributed by atoms with Crippen LogP contribution in [0.25, 0.3) is 0 Å². The molecule has 0 aromatic carbocycles. The third kappa shape index (κ3) is 4.36. The summed E-state index contributed by atoms with van der Waals surface area (Å²) in [7, 11) is 0. The van der Waals surface area contributed by atoms with Gasteiger partial charge in [-0.15, -0.1) is 0 Å². The second kappa shape index (κ2) is 7.50. The van der Waals surface area contributed by atoms with Crippen LogP contribution in [0.15, 0.2) is 0 Å². The molecule has 1 saturated heterocycles. The maximum atomic E-state index is 12.3. The Hall–Kier alpha value is -0.260. The number of hydrogen-bond donors (Lipinski definition) is 2. The molecule has 2 fully saturated rings. The summed E-state index contributed by atoms with van der Waals surface area (Å²) in [6.07, 6.45) is 7.02. The Morgan fingerprint density at radius 2 is 2.11 bits per heavy atom. The van der Waals surface area contributed by atoms with Gasteiger partial charge in [-0.3, -0.25) is 9.69 Å². The Labute approximate surface area is 121 Å². The number of nitrogens with zero attached hydrogens (tertiary/aromatic N) is 1. The molecule has 0 bridgehead atoms. The lowest BCUT2D eigenvalue weighted by molar-refractivity contribution is -0.127. The average molecular weight is 285 g/mol. The van der Waals surface area contributed by atoms with Crippen LogP contribution in [0.4, 0.5) is 0 Å². The second-order valence-corrected chi connectivity index (χ2v) is 6.83. The molecule has 1 heterocycles. The molecular weight excluding hydrogens is 258 g/mol. The predicted octanol–water partition coefficient (Wildman–Crippen LogP) is 1.07. The zero-order valence-electron chi connectivity index (χ0n) is 12.2. The van der Waals surface area contributed by atoms with Crippen molar-refractivity contribution in [3.05, 3.63) is 0 Å². The van der Waals surface area contributed by atoms with Crippen LogP contribution in [0, 0.1) is 0 Å². The minimum absolute atomic E-state index is 0.0109. The second-order valence-electron chi connectivity index (χ2n) is 5.69. The maximum absolute atomic E-state index is 12.3. The first-order valence-corrected chi connectivity index (χ1v) is 8.77. The number of amides is 1. The van der Waals surface area contributed by atoms with E-state index in [1.807, 2.05) is 18.7 Å². The summed E-state index contributed by atoms with van der Waals surface area (Å²) in [6.45, 7) is 5.99. The van der Waals surface area contributed by atoms with Crippen molar-refractivity contribution in [2.75, 3.05) is 32.4 Å². The number of carbonyl (C=O) groups excluding carboxylic acids is 1. The van der Waals surface area contributed by atoms with Crippen LogP contribution in [0.2, 0.25) is 0 Å². The number of piperazine rings is 1. The molecule has 1 aliphatic carbocycles. The Kier molecular flexibility index (Phi) is 5.98. The summed E-state index contributed by atoms with van der Waals surface area (Å²) in [4.78, 5) is 14.6. The van der Waals surface area contributed by atoms with E-state index in [9.17, 15) is 4.79 Å². The van der Waals surface area contributed by atoms with Gasteiger partial charge in [0.15, 0.2) is 0 Å². The Balaban J connectivity index is 1.79. The Bertz CT molecular complexity index is 294. The highest BCUT2D eigenvalue weighted by atomic mass is 32.2. The van der Waals surface area contributed by atoms with E-state index < -0.39 is 0 Å². The van der Waals surface area contributed by atoms with Gasteiger partial charge in [-0.05, 0) is 32.4 Å². The van der Waals surface area contributed by atoms with E-state index in [1.54, 1.807) is 0 Å². The van der Waals surface area contributed by atoms with E-state index in [2.05, 4.69) is 21.8 Å². The largest absolute Gasteiger partial charge is 0.352 e. The van der Waals surface area contributed by atoms with Gasteiger partial charge in [-0.1, -0.05) is 6.42 Å². The molecule has 19 heavy (non-hydrogen) atoms. The van der Waals surface area contributed by atoms with Crippen LogP contribution >= 0.6 is 11.8 Å². The van der Waals surface area contributed by atoms with Gasteiger partial charge in [-0.25, -0.2) is 0 Å². The molecule has 2 N–H and O–H groups in total. The van der Waals surface area contributed by atoms with Crippen LogP contribution < -0.4 is 10.6 Å². The molecule has 4 nitrogen and oxygen atoms in total. The van der Waals surface area contributed by atoms with Gasteiger partial charge >= 0.3 is 0 Å². The van der Waals surface area contributed by atoms with Gasteiger partial charge in [0.2, 0.25) is 5.91 Å². The summed E-state index contributed by atoms with van der Waals surface area (Å²) < 4.78 is 0. The third-order valence-corrected chi connectivity index (χ3v) is 5.48. The van der Waals surface area contributed by atoms with E-state index >= 15 is 0 Å². The van der Waals surface area contributed by atoms with Crippen molar-refractivity contribution in [3.63, 3.8) is 0 Å².